The summed E-state index contributed by atoms with van der Waals surface area (Å²) in [4.78, 5) is 7.00. The highest BCUT2D eigenvalue weighted by Gasteiger charge is 2.28. The van der Waals surface area contributed by atoms with E-state index in [0.717, 1.165) is 50.5 Å². The van der Waals surface area contributed by atoms with Gasteiger partial charge in [-0.1, -0.05) is 17.3 Å². The SMILES string of the molecule is COc1ccccc1-c1noc(CCC(C)(C)N2CCOCC2)n1. The number of morpholine rings is 1. The Labute approximate surface area is 142 Å². The fourth-order valence-electron chi connectivity index (χ4n) is 3.03. The van der Waals surface area contributed by atoms with Gasteiger partial charge in [0.05, 0.1) is 25.9 Å². The van der Waals surface area contributed by atoms with Crippen LogP contribution in [0.25, 0.3) is 11.4 Å². The molecule has 2 heterocycles. The van der Waals surface area contributed by atoms with E-state index in [-0.39, 0.29) is 5.54 Å². The molecule has 1 aliphatic heterocycles. The largest absolute Gasteiger partial charge is 0.496 e. The number of methoxy groups -OCH3 is 1. The van der Waals surface area contributed by atoms with Crippen LogP contribution in [0.4, 0.5) is 0 Å². The van der Waals surface area contributed by atoms with E-state index >= 15 is 0 Å². The summed E-state index contributed by atoms with van der Waals surface area (Å²) in [5.41, 5.74) is 0.936. The van der Waals surface area contributed by atoms with Crippen molar-refractivity contribution >= 4 is 0 Å². The van der Waals surface area contributed by atoms with E-state index in [1.54, 1.807) is 7.11 Å². The Hall–Kier alpha value is -1.92. The van der Waals surface area contributed by atoms with E-state index in [1.165, 1.54) is 0 Å². The summed E-state index contributed by atoms with van der Waals surface area (Å²) in [6, 6.07) is 7.70. The van der Waals surface area contributed by atoms with Crippen molar-refractivity contribution in [3.63, 3.8) is 0 Å². The van der Waals surface area contributed by atoms with Crippen molar-refractivity contribution in [1.82, 2.24) is 15.0 Å². The Bertz CT molecular complexity index is 663. The molecule has 1 aliphatic rings. The summed E-state index contributed by atoms with van der Waals surface area (Å²) in [7, 11) is 1.64. The minimum atomic E-state index is 0.0862. The zero-order valence-electron chi connectivity index (χ0n) is 14.6. The quantitative estimate of drug-likeness (QED) is 0.811. The highest BCUT2D eigenvalue weighted by atomic mass is 16.5. The van der Waals surface area contributed by atoms with E-state index in [9.17, 15) is 0 Å². The fourth-order valence-corrected chi connectivity index (χ4v) is 3.03. The normalized spacial score (nSPS) is 16.3. The Morgan fingerprint density at radius 2 is 1.96 bits per heavy atom. The molecule has 0 amide bonds. The lowest BCUT2D eigenvalue weighted by atomic mass is 9.95. The molecule has 0 radical (unpaired) electrons. The summed E-state index contributed by atoms with van der Waals surface area (Å²) in [5.74, 6) is 1.99. The molecule has 0 atom stereocenters. The molecule has 130 valence electrons. The lowest BCUT2D eigenvalue weighted by Gasteiger charge is -2.40. The molecule has 1 aromatic heterocycles. The smallest absolute Gasteiger partial charge is 0.227 e. The molecule has 2 aromatic rings. The van der Waals surface area contributed by atoms with Gasteiger partial charge in [-0.3, -0.25) is 4.90 Å². The summed E-state index contributed by atoms with van der Waals surface area (Å²) in [5, 5.41) is 4.11. The maximum absolute atomic E-state index is 5.44. The molecule has 1 aromatic carbocycles. The van der Waals surface area contributed by atoms with Crippen LogP contribution < -0.4 is 4.74 Å². The van der Waals surface area contributed by atoms with Crippen molar-refractivity contribution in [1.29, 1.82) is 0 Å². The standard InChI is InChI=1S/C18H25N3O3/c1-18(2,21-10-12-23-13-11-21)9-8-16-19-17(20-24-16)14-6-4-5-7-15(14)22-3/h4-7H,8-13H2,1-3H3. The van der Waals surface area contributed by atoms with Gasteiger partial charge in [0.25, 0.3) is 0 Å². The van der Waals surface area contributed by atoms with Crippen LogP contribution in [0, 0.1) is 0 Å². The molecule has 1 saturated heterocycles. The van der Waals surface area contributed by atoms with Crippen molar-refractivity contribution in [3.05, 3.63) is 30.2 Å². The van der Waals surface area contributed by atoms with E-state index < -0.39 is 0 Å². The van der Waals surface area contributed by atoms with Crippen molar-refractivity contribution in [2.75, 3.05) is 33.4 Å². The van der Waals surface area contributed by atoms with E-state index in [4.69, 9.17) is 14.0 Å². The molecular formula is C18H25N3O3. The number of aryl methyl sites for hydroxylation is 1. The maximum Gasteiger partial charge on any atom is 0.227 e. The first-order valence-electron chi connectivity index (χ1n) is 8.39. The van der Waals surface area contributed by atoms with Crippen LogP contribution in [0.15, 0.2) is 28.8 Å². The predicted octanol–water partition coefficient (Wildman–Crippen LogP) is 2.79. The van der Waals surface area contributed by atoms with Crippen LogP contribution in [0.2, 0.25) is 0 Å². The van der Waals surface area contributed by atoms with Gasteiger partial charge in [-0.25, -0.2) is 0 Å². The molecule has 0 aliphatic carbocycles. The minimum Gasteiger partial charge on any atom is -0.496 e. The molecule has 0 bridgehead atoms. The number of para-hydroxylation sites is 1. The number of hydrogen-bond acceptors (Lipinski definition) is 6. The third kappa shape index (κ3) is 3.76. The maximum atomic E-state index is 5.44. The average molecular weight is 331 g/mol. The molecule has 0 unspecified atom stereocenters. The zero-order valence-corrected chi connectivity index (χ0v) is 14.6. The van der Waals surface area contributed by atoms with Crippen LogP contribution in [-0.4, -0.2) is 54.0 Å². The number of aromatic nitrogens is 2. The first-order valence-corrected chi connectivity index (χ1v) is 8.39. The lowest BCUT2D eigenvalue weighted by Crippen LogP contribution is -2.50. The number of hydrogen-bond donors (Lipinski definition) is 0. The fraction of sp³-hybridized carbons (Fsp3) is 0.556. The van der Waals surface area contributed by atoms with Crippen molar-refractivity contribution in [2.24, 2.45) is 0 Å². The molecular weight excluding hydrogens is 306 g/mol. The van der Waals surface area contributed by atoms with Gasteiger partial charge in [0.1, 0.15) is 5.75 Å². The van der Waals surface area contributed by atoms with Gasteiger partial charge >= 0.3 is 0 Å². The highest BCUT2D eigenvalue weighted by Crippen LogP contribution is 2.28. The van der Waals surface area contributed by atoms with Crippen LogP contribution in [0.5, 0.6) is 5.75 Å². The van der Waals surface area contributed by atoms with Crippen molar-refractivity contribution in [2.45, 2.75) is 32.2 Å². The van der Waals surface area contributed by atoms with E-state index in [0.29, 0.717) is 11.7 Å². The summed E-state index contributed by atoms with van der Waals surface area (Å²) >= 11 is 0. The number of benzene rings is 1. The second kappa shape index (κ2) is 7.32. The lowest BCUT2D eigenvalue weighted by molar-refractivity contribution is -0.0131. The molecule has 1 fully saturated rings. The molecule has 24 heavy (non-hydrogen) atoms. The number of rotatable bonds is 6. The third-order valence-corrected chi connectivity index (χ3v) is 4.63. The molecule has 0 spiro atoms. The van der Waals surface area contributed by atoms with Crippen LogP contribution >= 0.6 is 0 Å². The Morgan fingerprint density at radius 1 is 1.21 bits per heavy atom. The molecule has 6 heteroatoms. The van der Waals surface area contributed by atoms with Crippen LogP contribution in [0.1, 0.15) is 26.2 Å². The molecule has 6 nitrogen and oxygen atoms in total. The van der Waals surface area contributed by atoms with Gasteiger partial charge in [0.15, 0.2) is 0 Å². The van der Waals surface area contributed by atoms with Gasteiger partial charge in [-0.2, -0.15) is 4.98 Å². The molecule has 3 rings (SSSR count). The van der Waals surface area contributed by atoms with Crippen LogP contribution in [-0.2, 0) is 11.2 Å². The second-order valence-electron chi connectivity index (χ2n) is 6.62. The van der Waals surface area contributed by atoms with Crippen molar-refractivity contribution in [3.8, 4) is 17.1 Å². The number of nitrogens with zero attached hydrogens (tertiary/aromatic N) is 3. The summed E-state index contributed by atoms with van der Waals surface area (Å²) < 4.78 is 16.2. The van der Waals surface area contributed by atoms with E-state index in [1.807, 2.05) is 24.3 Å². The van der Waals surface area contributed by atoms with E-state index in [2.05, 4.69) is 28.9 Å². The first kappa shape index (κ1) is 16.9. The Kier molecular flexibility index (Phi) is 5.16. The highest BCUT2D eigenvalue weighted by molar-refractivity contribution is 5.63. The average Bonchev–Trinajstić information content (AvgIpc) is 3.10. The van der Waals surface area contributed by atoms with Gasteiger partial charge in [0, 0.05) is 25.0 Å². The topological polar surface area (TPSA) is 60.6 Å². The molecule has 0 N–H and O–H groups in total. The summed E-state index contributed by atoms with van der Waals surface area (Å²) in [6.07, 6.45) is 1.72. The molecule has 0 saturated carbocycles. The Balaban J connectivity index is 1.66. The summed E-state index contributed by atoms with van der Waals surface area (Å²) in [6.45, 7) is 8.09. The van der Waals surface area contributed by atoms with Crippen molar-refractivity contribution < 1.29 is 14.0 Å². The van der Waals surface area contributed by atoms with Gasteiger partial charge < -0.3 is 14.0 Å². The van der Waals surface area contributed by atoms with Gasteiger partial charge in [-0.15, -0.1) is 0 Å². The zero-order chi connectivity index (χ0) is 17.0. The minimum absolute atomic E-state index is 0.0862. The van der Waals surface area contributed by atoms with Crippen LogP contribution in [0.3, 0.4) is 0 Å². The van der Waals surface area contributed by atoms with Gasteiger partial charge in [0.2, 0.25) is 11.7 Å². The number of ether oxygens (including phenoxy) is 2. The Morgan fingerprint density at radius 3 is 2.71 bits per heavy atom. The van der Waals surface area contributed by atoms with Gasteiger partial charge in [-0.05, 0) is 32.4 Å². The first-order chi connectivity index (χ1) is 11.6. The third-order valence-electron chi connectivity index (χ3n) is 4.63. The monoisotopic (exact) mass is 331 g/mol. The second-order valence-corrected chi connectivity index (χ2v) is 6.62. The predicted molar refractivity (Wildman–Crippen MR) is 91.1 cm³/mol.